The number of carbonyl (C=O) groups excluding carboxylic acids is 1. The van der Waals surface area contributed by atoms with Gasteiger partial charge >= 0.3 is 0 Å². The molecule has 104 valence electrons. The summed E-state index contributed by atoms with van der Waals surface area (Å²) in [6.45, 7) is 5.90. The maximum Gasteiger partial charge on any atom is 0.223 e. The van der Waals surface area contributed by atoms with Crippen LogP contribution in [0.3, 0.4) is 0 Å². The molecule has 2 rings (SSSR count). The molecular weight excluding hydrogens is 228 g/mol. The lowest BCUT2D eigenvalue weighted by Gasteiger charge is -2.37. The van der Waals surface area contributed by atoms with Crippen LogP contribution in [0.1, 0.15) is 39.5 Å². The normalized spacial score (nSPS) is 38.4. The molecule has 18 heavy (non-hydrogen) atoms. The van der Waals surface area contributed by atoms with Gasteiger partial charge in [-0.3, -0.25) is 4.79 Å². The van der Waals surface area contributed by atoms with Crippen molar-refractivity contribution in [3.05, 3.63) is 0 Å². The van der Waals surface area contributed by atoms with Crippen LogP contribution in [0.4, 0.5) is 0 Å². The second kappa shape index (κ2) is 6.02. The molecule has 0 spiro atoms. The summed E-state index contributed by atoms with van der Waals surface area (Å²) in [5.41, 5.74) is 6.10. The van der Waals surface area contributed by atoms with E-state index < -0.39 is 0 Å². The van der Waals surface area contributed by atoms with Crippen molar-refractivity contribution in [2.24, 2.45) is 23.5 Å². The molecule has 4 atom stereocenters. The van der Waals surface area contributed by atoms with E-state index in [1.807, 2.05) is 0 Å². The Morgan fingerprint density at radius 2 is 1.83 bits per heavy atom. The number of rotatable bonds is 2. The Bertz CT molecular complexity index is 290. The van der Waals surface area contributed by atoms with Gasteiger partial charge in [0.1, 0.15) is 0 Å². The lowest BCUT2D eigenvalue weighted by atomic mass is 9.72. The van der Waals surface area contributed by atoms with E-state index in [-0.39, 0.29) is 17.9 Å². The molecular formula is C14H26N2O2. The summed E-state index contributed by atoms with van der Waals surface area (Å²) < 4.78 is 5.31. The zero-order valence-electron chi connectivity index (χ0n) is 11.5. The van der Waals surface area contributed by atoms with Crippen molar-refractivity contribution < 1.29 is 9.53 Å². The molecule has 2 fully saturated rings. The Labute approximate surface area is 110 Å². The lowest BCUT2D eigenvalue weighted by molar-refractivity contribution is -0.129. The maximum atomic E-state index is 12.3. The molecule has 1 heterocycles. The van der Waals surface area contributed by atoms with Crippen LogP contribution in [0.15, 0.2) is 0 Å². The molecule has 0 aromatic heterocycles. The van der Waals surface area contributed by atoms with Gasteiger partial charge in [-0.15, -0.1) is 0 Å². The van der Waals surface area contributed by atoms with Gasteiger partial charge in [0.2, 0.25) is 5.91 Å². The van der Waals surface area contributed by atoms with Crippen LogP contribution in [0.25, 0.3) is 0 Å². The predicted molar refractivity (Wildman–Crippen MR) is 71.0 cm³/mol. The van der Waals surface area contributed by atoms with Gasteiger partial charge < -0.3 is 15.8 Å². The van der Waals surface area contributed by atoms with E-state index in [9.17, 15) is 4.79 Å². The van der Waals surface area contributed by atoms with E-state index in [0.29, 0.717) is 17.9 Å². The van der Waals surface area contributed by atoms with E-state index in [2.05, 4.69) is 19.2 Å². The second-order valence-electron chi connectivity index (χ2n) is 6.09. The van der Waals surface area contributed by atoms with E-state index in [4.69, 9.17) is 10.5 Å². The third kappa shape index (κ3) is 3.23. The fourth-order valence-corrected chi connectivity index (χ4v) is 3.20. The van der Waals surface area contributed by atoms with Gasteiger partial charge in [-0.25, -0.2) is 0 Å². The summed E-state index contributed by atoms with van der Waals surface area (Å²) in [5, 5.41) is 3.18. The monoisotopic (exact) mass is 254 g/mol. The van der Waals surface area contributed by atoms with Crippen molar-refractivity contribution in [1.82, 2.24) is 5.32 Å². The molecule has 0 bridgehead atoms. The van der Waals surface area contributed by atoms with Gasteiger partial charge in [-0.2, -0.15) is 0 Å². The Balaban J connectivity index is 1.87. The first-order valence-electron chi connectivity index (χ1n) is 7.21. The van der Waals surface area contributed by atoms with Crippen LogP contribution in [0.2, 0.25) is 0 Å². The fraction of sp³-hybridized carbons (Fsp3) is 0.929. The van der Waals surface area contributed by atoms with Crippen LogP contribution >= 0.6 is 0 Å². The number of nitrogens with one attached hydrogen (secondary N) is 1. The van der Waals surface area contributed by atoms with Gasteiger partial charge in [0.15, 0.2) is 0 Å². The highest BCUT2D eigenvalue weighted by molar-refractivity contribution is 5.79. The average Bonchev–Trinajstić information content (AvgIpc) is 2.35. The van der Waals surface area contributed by atoms with E-state index in [0.717, 1.165) is 38.9 Å². The molecule has 0 radical (unpaired) electrons. The Kier molecular flexibility index (Phi) is 4.62. The Morgan fingerprint density at radius 3 is 2.50 bits per heavy atom. The molecule has 0 aromatic carbocycles. The van der Waals surface area contributed by atoms with Gasteiger partial charge in [0.05, 0.1) is 0 Å². The van der Waals surface area contributed by atoms with E-state index in [1.54, 1.807) is 0 Å². The smallest absolute Gasteiger partial charge is 0.223 e. The molecule has 1 aliphatic heterocycles. The molecule has 1 amide bonds. The zero-order chi connectivity index (χ0) is 13.1. The van der Waals surface area contributed by atoms with Crippen molar-refractivity contribution in [3.63, 3.8) is 0 Å². The first-order valence-corrected chi connectivity index (χ1v) is 7.21. The number of nitrogens with two attached hydrogens (primary N) is 1. The first kappa shape index (κ1) is 13.8. The van der Waals surface area contributed by atoms with Crippen LogP contribution in [-0.2, 0) is 9.53 Å². The van der Waals surface area contributed by atoms with Crippen LogP contribution in [0, 0.1) is 17.8 Å². The van der Waals surface area contributed by atoms with Gasteiger partial charge in [-0.1, -0.05) is 13.8 Å². The Hall–Kier alpha value is -0.610. The first-order chi connectivity index (χ1) is 8.58. The molecule has 4 nitrogen and oxygen atoms in total. The minimum atomic E-state index is 0.0963. The molecule has 0 aromatic rings. The molecule has 1 aliphatic carbocycles. The fourth-order valence-electron chi connectivity index (χ4n) is 3.20. The van der Waals surface area contributed by atoms with Crippen LogP contribution in [0.5, 0.6) is 0 Å². The third-order valence-electron chi connectivity index (χ3n) is 4.59. The zero-order valence-corrected chi connectivity index (χ0v) is 11.5. The number of hydrogen-bond acceptors (Lipinski definition) is 3. The standard InChI is InChI=1S/C14H26N2O2/c1-9-7-10(2)13(15)8-12(9)14(17)16-11-3-5-18-6-4-11/h9-13H,3-8,15H2,1-2H3,(H,16,17). The van der Waals surface area contributed by atoms with Gasteiger partial charge in [-0.05, 0) is 37.5 Å². The number of ether oxygens (including phenoxy) is 1. The highest BCUT2D eigenvalue weighted by atomic mass is 16.5. The highest BCUT2D eigenvalue weighted by Crippen LogP contribution is 2.33. The molecule has 1 saturated heterocycles. The summed E-state index contributed by atoms with van der Waals surface area (Å²) in [4.78, 5) is 12.3. The summed E-state index contributed by atoms with van der Waals surface area (Å²) >= 11 is 0. The third-order valence-corrected chi connectivity index (χ3v) is 4.59. The molecule has 3 N–H and O–H groups in total. The topological polar surface area (TPSA) is 64.3 Å². The van der Waals surface area contributed by atoms with Crippen molar-refractivity contribution in [2.45, 2.75) is 51.6 Å². The molecule has 4 unspecified atom stereocenters. The summed E-state index contributed by atoms with van der Waals surface area (Å²) in [7, 11) is 0. The van der Waals surface area contributed by atoms with Crippen molar-refractivity contribution >= 4 is 5.91 Å². The van der Waals surface area contributed by atoms with Crippen molar-refractivity contribution in [2.75, 3.05) is 13.2 Å². The quantitative estimate of drug-likeness (QED) is 0.780. The number of amides is 1. The minimum absolute atomic E-state index is 0.0963. The van der Waals surface area contributed by atoms with Gasteiger partial charge in [0.25, 0.3) is 0 Å². The molecule has 2 aliphatic rings. The number of hydrogen-bond donors (Lipinski definition) is 2. The van der Waals surface area contributed by atoms with Crippen molar-refractivity contribution in [1.29, 1.82) is 0 Å². The summed E-state index contributed by atoms with van der Waals surface area (Å²) in [6, 6.07) is 0.473. The summed E-state index contributed by atoms with van der Waals surface area (Å²) in [6.07, 6.45) is 3.77. The Morgan fingerprint density at radius 1 is 1.17 bits per heavy atom. The van der Waals surface area contributed by atoms with Crippen molar-refractivity contribution in [3.8, 4) is 0 Å². The molecule has 4 heteroatoms. The predicted octanol–water partition coefficient (Wildman–Crippen LogP) is 1.29. The maximum absolute atomic E-state index is 12.3. The average molecular weight is 254 g/mol. The van der Waals surface area contributed by atoms with Gasteiger partial charge in [0, 0.05) is 31.2 Å². The minimum Gasteiger partial charge on any atom is -0.381 e. The highest BCUT2D eigenvalue weighted by Gasteiger charge is 2.35. The summed E-state index contributed by atoms with van der Waals surface area (Å²) in [5.74, 6) is 1.28. The van der Waals surface area contributed by atoms with E-state index in [1.165, 1.54) is 0 Å². The number of carbonyl (C=O) groups is 1. The largest absolute Gasteiger partial charge is 0.381 e. The molecule has 1 saturated carbocycles. The van der Waals surface area contributed by atoms with E-state index >= 15 is 0 Å². The SMILES string of the molecule is CC1CC(C)C(C(=O)NC2CCOCC2)CC1N. The second-order valence-corrected chi connectivity index (χ2v) is 6.09. The van der Waals surface area contributed by atoms with Crippen LogP contribution in [-0.4, -0.2) is 31.2 Å². The lowest BCUT2D eigenvalue weighted by Crippen LogP contribution is -2.48. The van der Waals surface area contributed by atoms with Crippen LogP contribution < -0.4 is 11.1 Å².